The number of hydrogen-bond acceptors (Lipinski definition) is 12. The van der Waals surface area contributed by atoms with Crippen LogP contribution in [0.1, 0.15) is 52.4 Å². The molecule has 0 unspecified atom stereocenters. The summed E-state index contributed by atoms with van der Waals surface area (Å²) in [7, 11) is 0. The molecule has 1 saturated heterocycles. The molecule has 1 rings (SSSR count). The first-order valence-corrected chi connectivity index (χ1v) is 16.7. The summed E-state index contributed by atoms with van der Waals surface area (Å²) in [5.74, 6) is -9.03. The van der Waals surface area contributed by atoms with Crippen LogP contribution in [0.4, 0.5) is 0 Å². The smallest absolute Gasteiger partial charge is 0.326 e. The fourth-order valence-corrected chi connectivity index (χ4v) is 5.10. The lowest BCUT2D eigenvalue weighted by molar-refractivity contribution is -0.145. The van der Waals surface area contributed by atoms with Crippen LogP contribution in [-0.4, -0.2) is 131 Å². The molecule has 0 aliphatic carbocycles. The fraction of sp³-hybridized carbons (Fsp3) is 0.655. The maximum absolute atomic E-state index is 13.7. The number of nitrogens with zero attached hydrogens (tertiary/aromatic N) is 1. The Balaban J connectivity index is 3.03. The van der Waals surface area contributed by atoms with Crippen molar-refractivity contribution in [3.05, 3.63) is 0 Å². The Labute approximate surface area is 299 Å². The summed E-state index contributed by atoms with van der Waals surface area (Å²) in [5.41, 5.74) is 15.5. The lowest BCUT2D eigenvalue weighted by Crippen LogP contribution is -2.60. The van der Waals surface area contributed by atoms with Gasteiger partial charge in [0.05, 0.1) is 19.6 Å². The Morgan fingerprint density at radius 1 is 0.765 bits per heavy atom. The number of thiol groups is 1. The van der Waals surface area contributed by atoms with Gasteiger partial charge in [-0.2, -0.15) is 12.6 Å². The zero-order valence-electron chi connectivity index (χ0n) is 28.4. The highest BCUT2D eigenvalue weighted by molar-refractivity contribution is 7.80. The molecule has 22 heteroatoms. The van der Waals surface area contributed by atoms with Crippen molar-refractivity contribution in [1.29, 1.82) is 0 Å². The molecule has 51 heavy (non-hydrogen) atoms. The number of likely N-dealkylation sites (tertiary alicyclic amines) is 1. The lowest BCUT2D eigenvalue weighted by Gasteiger charge is -2.31. The number of nitrogens with one attached hydrogen (secondary N) is 6. The van der Waals surface area contributed by atoms with Crippen molar-refractivity contribution in [2.45, 2.75) is 82.6 Å². The number of carbonyl (C=O) groups excluding carboxylic acids is 9. The lowest BCUT2D eigenvalue weighted by atomic mass is 10.0. The third-order valence-corrected chi connectivity index (χ3v) is 7.95. The molecule has 13 N–H and O–H groups in total. The van der Waals surface area contributed by atoms with Crippen LogP contribution in [0.3, 0.4) is 0 Å². The molecule has 0 bridgehead atoms. The largest absolute Gasteiger partial charge is 0.480 e. The van der Waals surface area contributed by atoms with Crippen LogP contribution in [-0.2, 0) is 47.9 Å². The van der Waals surface area contributed by atoms with Gasteiger partial charge in [-0.25, -0.2) is 4.79 Å². The number of rotatable bonds is 22. The van der Waals surface area contributed by atoms with Crippen molar-refractivity contribution in [2.75, 3.05) is 31.9 Å². The van der Waals surface area contributed by atoms with E-state index < -0.39 is 108 Å². The molecule has 0 spiro atoms. The van der Waals surface area contributed by atoms with E-state index in [0.717, 1.165) is 4.90 Å². The fourth-order valence-electron chi connectivity index (χ4n) is 4.84. The van der Waals surface area contributed by atoms with Crippen LogP contribution in [0.2, 0.25) is 0 Å². The van der Waals surface area contributed by atoms with Crippen molar-refractivity contribution >= 4 is 71.8 Å². The summed E-state index contributed by atoms with van der Waals surface area (Å²) in [5, 5.41) is 23.7. The number of carbonyl (C=O) groups is 10. The summed E-state index contributed by atoms with van der Waals surface area (Å²) in [6, 6.07) is -6.51. The molecule has 0 aromatic rings. The Bertz CT molecular complexity index is 1330. The predicted octanol–water partition coefficient (Wildman–Crippen LogP) is -5.69. The number of amides is 9. The number of hydrogen-bond donors (Lipinski definition) is 11. The summed E-state index contributed by atoms with van der Waals surface area (Å²) in [6.45, 7) is 1.94. The van der Waals surface area contributed by atoms with Gasteiger partial charge in [0.2, 0.25) is 53.2 Å². The average molecular weight is 745 g/mol. The molecular formula is C29H48N10O11S. The molecule has 21 nitrogen and oxygen atoms in total. The van der Waals surface area contributed by atoms with E-state index in [1.807, 2.05) is 0 Å². The van der Waals surface area contributed by atoms with E-state index >= 15 is 0 Å². The van der Waals surface area contributed by atoms with Crippen LogP contribution < -0.4 is 49.1 Å². The van der Waals surface area contributed by atoms with Crippen LogP contribution in [0, 0.1) is 5.92 Å². The van der Waals surface area contributed by atoms with E-state index in [2.05, 4.69) is 44.5 Å². The minimum atomic E-state index is -1.45. The molecule has 286 valence electrons. The topological polar surface area (TPSA) is 344 Å². The summed E-state index contributed by atoms with van der Waals surface area (Å²) >= 11 is 4.08. The van der Waals surface area contributed by atoms with E-state index in [1.54, 1.807) is 13.8 Å². The zero-order chi connectivity index (χ0) is 38.8. The molecule has 5 atom stereocenters. The number of primary amides is 2. The van der Waals surface area contributed by atoms with Gasteiger partial charge in [0, 0.05) is 25.1 Å². The van der Waals surface area contributed by atoms with E-state index in [0.29, 0.717) is 6.42 Å². The van der Waals surface area contributed by atoms with Gasteiger partial charge < -0.3 is 59.1 Å². The Kier molecular flexibility index (Phi) is 19.0. The van der Waals surface area contributed by atoms with Crippen LogP contribution in [0.15, 0.2) is 0 Å². The van der Waals surface area contributed by atoms with E-state index in [1.165, 1.54) is 0 Å². The van der Waals surface area contributed by atoms with Crippen molar-refractivity contribution in [2.24, 2.45) is 23.1 Å². The third kappa shape index (κ3) is 15.6. The SMILES string of the molecule is CC(C)[C@H](NC(=O)[C@H](CS)NC(=O)CNC(=O)CNC(=O)CN)C(=O)N[C@@H](CCC(N)=O)C(=O)N1CCC[C@H]1C(=O)N[C@@H](CCC(N)=O)C(=O)O. The first kappa shape index (κ1) is 44.0. The van der Waals surface area contributed by atoms with Crippen LogP contribution in [0.5, 0.6) is 0 Å². The van der Waals surface area contributed by atoms with Gasteiger partial charge in [0.25, 0.3) is 0 Å². The zero-order valence-corrected chi connectivity index (χ0v) is 29.3. The number of nitrogens with two attached hydrogens (primary N) is 3. The van der Waals surface area contributed by atoms with Crippen molar-refractivity contribution in [3.8, 4) is 0 Å². The second-order valence-electron chi connectivity index (χ2n) is 12.0. The first-order chi connectivity index (χ1) is 23.9. The molecule has 1 aliphatic heterocycles. The normalized spacial score (nSPS) is 16.1. The summed E-state index contributed by atoms with van der Waals surface area (Å²) in [6.07, 6.45) is -0.672. The van der Waals surface area contributed by atoms with Gasteiger partial charge in [-0.05, 0) is 31.6 Å². The van der Waals surface area contributed by atoms with Gasteiger partial charge in [-0.15, -0.1) is 0 Å². The number of carboxylic acids is 1. The third-order valence-electron chi connectivity index (χ3n) is 7.59. The maximum atomic E-state index is 13.7. The molecule has 0 aromatic heterocycles. The van der Waals surface area contributed by atoms with E-state index in [9.17, 15) is 53.1 Å². The predicted molar refractivity (Wildman–Crippen MR) is 181 cm³/mol. The number of aliphatic carboxylic acids is 1. The summed E-state index contributed by atoms with van der Waals surface area (Å²) in [4.78, 5) is 124. The second-order valence-corrected chi connectivity index (χ2v) is 12.3. The molecule has 1 fully saturated rings. The minimum absolute atomic E-state index is 0.0648. The molecule has 0 saturated carbocycles. The standard InChI is InChI=1S/C29H48N10O11S/c1-14(2)24(38-25(45)17(13-51)35-23(44)12-34-22(43)11-33-21(42)10-30)27(47)36-15(5-7-19(31)40)28(48)39-9-3-4-18(39)26(46)37-16(29(49)50)6-8-20(32)41/h14-18,24,51H,3-13,30H2,1-2H3,(H2,31,40)(H2,32,41)(H,33,42)(H,34,43)(H,35,44)(H,36,47)(H,37,46)(H,38,45)(H,49,50)/t15-,16-,17-,18-,24-/m0/s1. The van der Waals surface area contributed by atoms with E-state index in [4.69, 9.17) is 17.2 Å². The highest BCUT2D eigenvalue weighted by Gasteiger charge is 2.40. The van der Waals surface area contributed by atoms with Gasteiger partial charge in [-0.3, -0.25) is 43.2 Å². The van der Waals surface area contributed by atoms with Crippen LogP contribution >= 0.6 is 12.6 Å². The van der Waals surface area contributed by atoms with Gasteiger partial charge in [0.15, 0.2) is 0 Å². The highest BCUT2D eigenvalue weighted by Crippen LogP contribution is 2.20. The number of carboxylic acid groups (broad SMARTS) is 1. The molecular weight excluding hydrogens is 696 g/mol. The Morgan fingerprint density at radius 3 is 1.86 bits per heavy atom. The average Bonchev–Trinajstić information content (AvgIpc) is 3.56. The molecule has 1 heterocycles. The minimum Gasteiger partial charge on any atom is -0.480 e. The monoisotopic (exact) mass is 744 g/mol. The molecule has 9 amide bonds. The first-order valence-electron chi connectivity index (χ1n) is 16.1. The molecule has 0 radical (unpaired) electrons. The summed E-state index contributed by atoms with van der Waals surface area (Å²) < 4.78 is 0. The van der Waals surface area contributed by atoms with Gasteiger partial charge in [0.1, 0.15) is 30.2 Å². The van der Waals surface area contributed by atoms with Gasteiger partial charge >= 0.3 is 5.97 Å². The van der Waals surface area contributed by atoms with Crippen molar-refractivity contribution in [3.63, 3.8) is 0 Å². The Morgan fingerprint density at radius 2 is 1.33 bits per heavy atom. The van der Waals surface area contributed by atoms with Gasteiger partial charge in [-0.1, -0.05) is 13.8 Å². The van der Waals surface area contributed by atoms with Crippen molar-refractivity contribution < 1.29 is 53.1 Å². The van der Waals surface area contributed by atoms with Crippen LogP contribution in [0.25, 0.3) is 0 Å². The van der Waals surface area contributed by atoms with E-state index in [-0.39, 0.29) is 50.9 Å². The molecule has 0 aromatic carbocycles. The maximum Gasteiger partial charge on any atom is 0.326 e. The molecule has 1 aliphatic rings. The quantitative estimate of drug-likeness (QED) is 0.0462. The highest BCUT2D eigenvalue weighted by atomic mass is 32.1. The Hall–Kier alpha value is -4.99. The van der Waals surface area contributed by atoms with Crippen molar-refractivity contribution in [1.82, 2.24) is 36.8 Å². The second kappa shape index (κ2) is 22.0.